The monoisotopic (exact) mass is 370 g/mol. The van der Waals surface area contributed by atoms with Gasteiger partial charge in [-0.25, -0.2) is 0 Å². The van der Waals surface area contributed by atoms with E-state index in [-0.39, 0.29) is 16.8 Å². The highest BCUT2D eigenvalue weighted by atomic mass is 16.6. The predicted molar refractivity (Wildman–Crippen MR) is 97.7 cm³/mol. The van der Waals surface area contributed by atoms with Crippen molar-refractivity contribution in [3.63, 3.8) is 0 Å². The van der Waals surface area contributed by atoms with Gasteiger partial charge in [0.1, 0.15) is 5.75 Å². The summed E-state index contributed by atoms with van der Waals surface area (Å²) in [6, 6.07) is 9.50. The molecular formula is C19H18N2O6. The average molecular weight is 370 g/mol. The summed E-state index contributed by atoms with van der Waals surface area (Å²) in [7, 11) is 2.97. The highest BCUT2D eigenvalue weighted by Gasteiger charge is 2.28. The van der Waals surface area contributed by atoms with Crippen molar-refractivity contribution >= 4 is 23.6 Å². The number of carbonyl (C=O) groups is 2. The molecular weight excluding hydrogens is 352 g/mol. The number of anilines is 1. The second-order valence-electron chi connectivity index (χ2n) is 5.68. The van der Waals surface area contributed by atoms with Crippen LogP contribution >= 0.6 is 0 Å². The number of carbonyl (C=O) groups excluding carboxylic acids is 2. The molecule has 2 aromatic rings. The van der Waals surface area contributed by atoms with Gasteiger partial charge in [0.2, 0.25) is 6.29 Å². The Morgan fingerprint density at radius 2 is 1.81 bits per heavy atom. The number of amides is 2. The van der Waals surface area contributed by atoms with Gasteiger partial charge in [0.05, 0.1) is 31.0 Å². The van der Waals surface area contributed by atoms with Crippen molar-refractivity contribution in [2.24, 2.45) is 5.73 Å². The lowest BCUT2D eigenvalue weighted by Crippen LogP contribution is -2.31. The first kappa shape index (κ1) is 18.3. The predicted octanol–water partition coefficient (Wildman–Crippen LogP) is 1.54. The second-order valence-corrected chi connectivity index (χ2v) is 5.68. The number of rotatable bonds is 5. The average Bonchev–Trinajstić information content (AvgIpc) is 2.66. The number of hydrogen-bond acceptors (Lipinski definition) is 6. The Balaban J connectivity index is 1.94. The third kappa shape index (κ3) is 3.56. The number of nitrogens with one attached hydrogen (secondary N) is 1. The van der Waals surface area contributed by atoms with Gasteiger partial charge in [-0.1, -0.05) is 12.1 Å². The fourth-order valence-electron chi connectivity index (χ4n) is 2.69. The Hall–Kier alpha value is -3.52. The molecule has 0 saturated heterocycles. The van der Waals surface area contributed by atoms with Gasteiger partial charge in [-0.05, 0) is 24.3 Å². The number of nitrogens with two attached hydrogens (primary N) is 1. The standard InChI is InChI=1S/C19H18N2O6/c1-25-15-8-10-7-12(19(24)27-14(10)9-16(15)26-2)18(23)21-13-6-4-3-5-11(13)17(20)22/h3-9,19,24H,1-2H3,(H2,20,22)(H,21,23). The first-order chi connectivity index (χ1) is 12.9. The van der Waals surface area contributed by atoms with Crippen LogP contribution in [0.25, 0.3) is 6.08 Å². The number of benzene rings is 2. The molecule has 0 aliphatic carbocycles. The molecule has 0 spiro atoms. The Morgan fingerprint density at radius 1 is 1.15 bits per heavy atom. The van der Waals surface area contributed by atoms with E-state index in [0.29, 0.717) is 22.8 Å². The van der Waals surface area contributed by atoms with Crippen molar-refractivity contribution in [3.8, 4) is 17.2 Å². The minimum atomic E-state index is -1.49. The molecule has 1 heterocycles. The van der Waals surface area contributed by atoms with E-state index < -0.39 is 18.1 Å². The molecule has 8 nitrogen and oxygen atoms in total. The molecule has 4 N–H and O–H groups in total. The minimum absolute atomic E-state index is 0.0333. The zero-order valence-electron chi connectivity index (χ0n) is 14.7. The molecule has 0 aromatic heterocycles. The summed E-state index contributed by atoms with van der Waals surface area (Å²) in [4.78, 5) is 24.1. The molecule has 2 amide bonds. The number of para-hydroxylation sites is 1. The summed E-state index contributed by atoms with van der Waals surface area (Å²) in [5, 5.41) is 12.8. The summed E-state index contributed by atoms with van der Waals surface area (Å²) >= 11 is 0. The molecule has 8 heteroatoms. The molecule has 0 radical (unpaired) electrons. The molecule has 0 saturated carbocycles. The second kappa shape index (κ2) is 7.38. The summed E-state index contributed by atoms with van der Waals surface area (Å²) in [6.07, 6.45) is -0.00966. The van der Waals surface area contributed by atoms with Crippen LogP contribution in [0, 0.1) is 0 Å². The maximum absolute atomic E-state index is 12.6. The number of aliphatic hydroxyl groups is 1. The highest BCUT2D eigenvalue weighted by molar-refractivity contribution is 6.11. The number of aliphatic hydroxyl groups excluding tert-OH is 1. The number of primary amides is 1. The van der Waals surface area contributed by atoms with Gasteiger partial charge in [0.15, 0.2) is 11.5 Å². The molecule has 1 aliphatic heterocycles. The third-order valence-electron chi connectivity index (χ3n) is 4.03. The highest BCUT2D eigenvalue weighted by Crippen LogP contribution is 2.39. The summed E-state index contributed by atoms with van der Waals surface area (Å²) < 4.78 is 15.9. The maximum atomic E-state index is 12.6. The quantitative estimate of drug-likeness (QED) is 0.734. The van der Waals surface area contributed by atoms with Crippen molar-refractivity contribution in [2.75, 3.05) is 19.5 Å². The molecule has 0 fully saturated rings. The lowest BCUT2D eigenvalue weighted by Gasteiger charge is -2.24. The smallest absolute Gasteiger partial charge is 0.257 e. The van der Waals surface area contributed by atoms with Crippen LogP contribution in [-0.4, -0.2) is 37.4 Å². The van der Waals surface area contributed by atoms with Gasteiger partial charge in [-0.2, -0.15) is 0 Å². The van der Waals surface area contributed by atoms with Gasteiger partial charge in [0, 0.05) is 11.6 Å². The molecule has 0 bridgehead atoms. The number of fused-ring (bicyclic) bond motifs is 1. The molecule has 3 rings (SSSR count). The van der Waals surface area contributed by atoms with Crippen LogP contribution in [0.1, 0.15) is 15.9 Å². The zero-order chi connectivity index (χ0) is 19.6. The largest absolute Gasteiger partial charge is 0.493 e. The van der Waals surface area contributed by atoms with Gasteiger partial charge >= 0.3 is 0 Å². The first-order valence-electron chi connectivity index (χ1n) is 7.97. The molecule has 1 atom stereocenters. The maximum Gasteiger partial charge on any atom is 0.257 e. The normalized spacial score (nSPS) is 15.1. The number of methoxy groups -OCH3 is 2. The van der Waals surface area contributed by atoms with Crippen LogP contribution in [0.15, 0.2) is 42.0 Å². The van der Waals surface area contributed by atoms with Crippen LogP contribution in [0.2, 0.25) is 0 Å². The zero-order valence-corrected chi connectivity index (χ0v) is 14.7. The Kier molecular flexibility index (Phi) is 5.00. The minimum Gasteiger partial charge on any atom is -0.493 e. The van der Waals surface area contributed by atoms with Crippen molar-refractivity contribution < 1.29 is 28.9 Å². The van der Waals surface area contributed by atoms with E-state index in [1.54, 1.807) is 24.3 Å². The van der Waals surface area contributed by atoms with Crippen LogP contribution in [-0.2, 0) is 4.79 Å². The molecule has 2 aromatic carbocycles. The SMILES string of the molecule is COc1cc2c(cc1OC)OC(O)C(C(=O)Nc1ccccc1C(N)=O)=C2. The van der Waals surface area contributed by atoms with E-state index in [9.17, 15) is 14.7 Å². The van der Waals surface area contributed by atoms with E-state index in [0.717, 1.165) is 0 Å². The van der Waals surface area contributed by atoms with Crippen molar-refractivity contribution in [1.29, 1.82) is 0 Å². The molecule has 1 unspecified atom stereocenters. The fraction of sp³-hybridized carbons (Fsp3) is 0.158. The topological polar surface area (TPSA) is 120 Å². The van der Waals surface area contributed by atoms with E-state index in [1.165, 1.54) is 32.4 Å². The Morgan fingerprint density at radius 3 is 2.48 bits per heavy atom. The fourth-order valence-corrected chi connectivity index (χ4v) is 2.69. The number of ether oxygens (including phenoxy) is 3. The summed E-state index contributed by atoms with van der Waals surface area (Å²) in [6.45, 7) is 0. The van der Waals surface area contributed by atoms with Crippen molar-refractivity contribution in [3.05, 3.63) is 53.1 Å². The van der Waals surface area contributed by atoms with Crippen LogP contribution in [0.5, 0.6) is 17.2 Å². The van der Waals surface area contributed by atoms with Crippen LogP contribution in [0.4, 0.5) is 5.69 Å². The van der Waals surface area contributed by atoms with Crippen LogP contribution in [0.3, 0.4) is 0 Å². The van der Waals surface area contributed by atoms with Crippen LogP contribution < -0.4 is 25.3 Å². The van der Waals surface area contributed by atoms with Crippen molar-refractivity contribution in [2.45, 2.75) is 6.29 Å². The molecule has 140 valence electrons. The first-order valence-corrected chi connectivity index (χ1v) is 7.97. The third-order valence-corrected chi connectivity index (χ3v) is 4.03. The summed E-state index contributed by atoms with van der Waals surface area (Å²) in [5.41, 5.74) is 6.21. The lowest BCUT2D eigenvalue weighted by atomic mass is 10.0. The molecule has 27 heavy (non-hydrogen) atoms. The van der Waals surface area contributed by atoms with E-state index in [1.807, 2.05) is 0 Å². The van der Waals surface area contributed by atoms with E-state index >= 15 is 0 Å². The number of hydrogen-bond donors (Lipinski definition) is 3. The lowest BCUT2D eigenvalue weighted by molar-refractivity contribution is -0.115. The molecule has 1 aliphatic rings. The Labute approximate surface area is 155 Å². The van der Waals surface area contributed by atoms with E-state index in [2.05, 4.69) is 5.32 Å². The summed E-state index contributed by atoms with van der Waals surface area (Å²) in [5.74, 6) is -0.0835. The van der Waals surface area contributed by atoms with Crippen molar-refractivity contribution in [1.82, 2.24) is 0 Å². The van der Waals surface area contributed by atoms with Gasteiger partial charge in [-0.3, -0.25) is 9.59 Å². The van der Waals surface area contributed by atoms with Gasteiger partial charge in [0.25, 0.3) is 11.8 Å². The van der Waals surface area contributed by atoms with Gasteiger partial charge in [-0.15, -0.1) is 0 Å². The van der Waals surface area contributed by atoms with E-state index in [4.69, 9.17) is 19.9 Å². The Bertz CT molecular complexity index is 938. The van der Waals surface area contributed by atoms with Gasteiger partial charge < -0.3 is 30.4 Å².